The molecule has 0 radical (unpaired) electrons. The first-order valence-corrected chi connectivity index (χ1v) is 9.87. The fourth-order valence-electron chi connectivity index (χ4n) is 3.23. The molecule has 0 spiro atoms. The van der Waals surface area contributed by atoms with Gasteiger partial charge in [0.05, 0.1) is 5.02 Å². The number of anilines is 1. The van der Waals surface area contributed by atoms with Gasteiger partial charge in [0.1, 0.15) is 11.6 Å². The number of para-hydroxylation sites is 1. The van der Waals surface area contributed by atoms with Crippen LogP contribution in [0.5, 0.6) is 5.75 Å². The first kappa shape index (κ1) is 19.2. The van der Waals surface area contributed by atoms with Gasteiger partial charge in [-0.1, -0.05) is 54.1 Å². The predicted molar refractivity (Wildman–Crippen MR) is 113 cm³/mol. The molecule has 0 N–H and O–H groups in total. The number of ether oxygens (including phenoxy) is 1. The summed E-state index contributed by atoms with van der Waals surface area (Å²) in [4.78, 5) is 25.5. The van der Waals surface area contributed by atoms with Crippen molar-refractivity contribution in [1.29, 1.82) is 0 Å². The normalized spacial score (nSPS) is 14.0. The van der Waals surface area contributed by atoms with Gasteiger partial charge < -0.3 is 14.5 Å². The summed E-state index contributed by atoms with van der Waals surface area (Å²) in [6.45, 7) is 2.65. The number of carbonyl (C=O) groups is 1. The average molecular weight is 409 g/mol. The number of piperazine rings is 1. The van der Waals surface area contributed by atoms with E-state index in [0.29, 0.717) is 42.8 Å². The maximum absolute atomic E-state index is 12.5. The van der Waals surface area contributed by atoms with Gasteiger partial charge in [0, 0.05) is 37.9 Å². The van der Waals surface area contributed by atoms with Gasteiger partial charge in [-0.05, 0) is 18.2 Å². The van der Waals surface area contributed by atoms with Crippen molar-refractivity contribution >= 4 is 23.3 Å². The molecule has 1 aromatic heterocycles. The Morgan fingerprint density at radius 2 is 1.69 bits per heavy atom. The van der Waals surface area contributed by atoms with E-state index in [1.807, 2.05) is 53.4 Å². The van der Waals surface area contributed by atoms with Crippen LogP contribution in [0, 0.1) is 0 Å². The number of halogens is 1. The summed E-state index contributed by atoms with van der Waals surface area (Å²) < 4.78 is 5.57. The van der Waals surface area contributed by atoms with Crippen LogP contribution in [0.4, 0.5) is 5.82 Å². The van der Waals surface area contributed by atoms with E-state index in [1.54, 1.807) is 18.3 Å². The lowest BCUT2D eigenvalue weighted by Crippen LogP contribution is -2.50. The molecule has 4 rings (SSSR count). The second kappa shape index (κ2) is 8.92. The van der Waals surface area contributed by atoms with Crippen LogP contribution in [-0.2, 0) is 4.79 Å². The molecule has 2 heterocycles. The van der Waals surface area contributed by atoms with Crippen molar-refractivity contribution in [3.8, 4) is 17.1 Å². The van der Waals surface area contributed by atoms with Gasteiger partial charge in [-0.25, -0.2) is 9.97 Å². The Hall–Kier alpha value is -3.12. The molecule has 148 valence electrons. The monoisotopic (exact) mass is 408 g/mol. The van der Waals surface area contributed by atoms with Crippen LogP contribution >= 0.6 is 11.6 Å². The third kappa shape index (κ3) is 4.66. The molecule has 6 nitrogen and oxygen atoms in total. The van der Waals surface area contributed by atoms with E-state index < -0.39 is 0 Å². The maximum Gasteiger partial charge on any atom is 0.260 e. The number of benzene rings is 2. The van der Waals surface area contributed by atoms with Crippen molar-refractivity contribution in [2.75, 3.05) is 37.7 Å². The molecule has 1 saturated heterocycles. The highest BCUT2D eigenvalue weighted by Crippen LogP contribution is 2.23. The molecule has 0 saturated carbocycles. The van der Waals surface area contributed by atoms with Gasteiger partial charge in [-0.15, -0.1) is 0 Å². The number of carbonyl (C=O) groups excluding carboxylic acids is 1. The smallest absolute Gasteiger partial charge is 0.260 e. The Bertz CT molecular complexity index is 975. The number of aromatic nitrogens is 2. The Kier molecular flexibility index (Phi) is 5.91. The van der Waals surface area contributed by atoms with E-state index >= 15 is 0 Å². The largest absolute Gasteiger partial charge is 0.482 e. The lowest BCUT2D eigenvalue weighted by atomic mass is 10.2. The molecular formula is C22H21ClN4O2. The molecule has 29 heavy (non-hydrogen) atoms. The van der Waals surface area contributed by atoms with Gasteiger partial charge >= 0.3 is 0 Å². The highest BCUT2D eigenvalue weighted by molar-refractivity contribution is 6.32. The van der Waals surface area contributed by atoms with Crippen LogP contribution < -0.4 is 9.64 Å². The Labute approximate surface area is 174 Å². The lowest BCUT2D eigenvalue weighted by Gasteiger charge is -2.35. The standard InChI is InChI=1S/C22H21ClN4O2/c23-18-8-4-5-9-19(18)29-16-21(28)27-14-12-26(13-15-27)20-10-11-24-22(25-20)17-6-2-1-3-7-17/h1-11H,12-16H2. The molecule has 1 fully saturated rings. The number of hydrogen-bond donors (Lipinski definition) is 0. The highest BCUT2D eigenvalue weighted by Gasteiger charge is 2.22. The van der Waals surface area contributed by atoms with E-state index in [1.165, 1.54) is 0 Å². The zero-order chi connectivity index (χ0) is 20.1. The van der Waals surface area contributed by atoms with E-state index in [4.69, 9.17) is 21.3 Å². The number of hydrogen-bond acceptors (Lipinski definition) is 5. The van der Waals surface area contributed by atoms with Crippen LogP contribution in [0.2, 0.25) is 5.02 Å². The third-order valence-electron chi connectivity index (χ3n) is 4.82. The van der Waals surface area contributed by atoms with Crippen LogP contribution in [-0.4, -0.2) is 53.6 Å². The molecular weight excluding hydrogens is 388 g/mol. The van der Waals surface area contributed by atoms with Crippen molar-refractivity contribution < 1.29 is 9.53 Å². The SMILES string of the molecule is O=C(COc1ccccc1Cl)N1CCN(c2ccnc(-c3ccccc3)n2)CC1. The summed E-state index contributed by atoms with van der Waals surface area (Å²) in [7, 11) is 0. The zero-order valence-corrected chi connectivity index (χ0v) is 16.6. The minimum absolute atomic E-state index is 0.0185. The summed E-state index contributed by atoms with van der Waals surface area (Å²) in [5, 5.41) is 0.503. The number of nitrogens with zero attached hydrogens (tertiary/aromatic N) is 4. The molecule has 0 unspecified atom stereocenters. The molecule has 2 aromatic carbocycles. The van der Waals surface area contributed by atoms with Crippen LogP contribution in [0.25, 0.3) is 11.4 Å². The molecule has 0 aliphatic carbocycles. The number of amides is 1. The van der Waals surface area contributed by atoms with E-state index in [-0.39, 0.29) is 12.5 Å². The summed E-state index contributed by atoms with van der Waals surface area (Å²) in [6, 6.07) is 19.0. The second-order valence-corrected chi connectivity index (χ2v) is 7.10. The summed E-state index contributed by atoms with van der Waals surface area (Å²) >= 11 is 6.07. The fraction of sp³-hybridized carbons (Fsp3) is 0.227. The average Bonchev–Trinajstić information content (AvgIpc) is 2.79. The number of rotatable bonds is 5. The van der Waals surface area contributed by atoms with Gasteiger partial charge in [0.2, 0.25) is 0 Å². The Morgan fingerprint density at radius 3 is 2.45 bits per heavy atom. The Morgan fingerprint density at radius 1 is 0.966 bits per heavy atom. The van der Waals surface area contributed by atoms with Crippen molar-refractivity contribution in [3.05, 3.63) is 71.9 Å². The third-order valence-corrected chi connectivity index (χ3v) is 5.13. The van der Waals surface area contributed by atoms with Crippen molar-refractivity contribution in [2.45, 2.75) is 0 Å². The minimum atomic E-state index is -0.0442. The molecule has 0 atom stereocenters. The fourth-order valence-corrected chi connectivity index (χ4v) is 3.42. The van der Waals surface area contributed by atoms with E-state index in [0.717, 1.165) is 11.4 Å². The van der Waals surface area contributed by atoms with Gasteiger partial charge in [0.15, 0.2) is 12.4 Å². The van der Waals surface area contributed by atoms with Gasteiger partial charge in [-0.2, -0.15) is 0 Å². The predicted octanol–water partition coefficient (Wildman–Crippen LogP) is 3.52. The Balaban J connectivity index is 1.34. The van der Waals surface area contributed by atoms with Gasteiger partial charge in [0.25, 0.3) is 5.91 Å². The zero-order valence-electron chi connectivity index (χ0n) is 15.9. The van der Waals surface area contributed by atoms with Crippen LogP contribution in [0.1, 0.15) is 0 Å². The molecule has 1 amide bonds. The quantitative estimate of drug-likeness (QED) is 0.646. The van der Waals surface area contributed by atoms with E-state index in [2.05, 4.69) is 9.88 Å². The topological polar surface area (TPSA) is 58.6 Å². The maximum atomic E-state index is 12.5. The molecule has 0 bridgehead atoms. The van der Waals surface area contributed by atoms with Crippen LogP contribution in [0.15, 0.2) is 66.9 Å². The first-order valence-electron chi connectivity index (χ1n) is 9.49. The first-order chi connectivity index (χ1) is 14.2. The molecule has 7 heteroatoms. The molecule has 1 aliphatic rings. The van der Waals surface area contributed by atoms with Crippen molar-refractivity contribution in [2.24, 2.45) is 0 Å². The van der Waals surface area contributed by atoms with E-state index in [9.17, 15) is 4.79 Å². The highest BCUT2D eigenvalue weighted by atomic mass is 35.5. The van der Waals surface area contributed by atoms with Crippen LogP contribution in [0.3, 0.4) is 0 Å². The molecule has 3 aromatic rings. The van der Waals surface area contributed by atoms with Crippen molar-refractivity contribution in [3.63, 3.8) is 0 Å². The summed E-state index contributed by atoms with van der Waals surface area (Å²) in [5.74, 6) is 2.06. The minimum Gasteiger partial charge on any atom is -0.482 e. The second-order valence-electron chi connectivity index (χ2n) is 6.69. The lowest BCUT2D eigenvalue weighted by molar-refractivity contribution is -0.133. The summed E-state index contributed by atoms with van der Waals surface area (Å²) in [5.41, 5.74) is 0.986. The van der Waals surface area contributed by atoms with Crippen molar-refractivity contribution in [1.82, 2.24) is 14.9 Å². The van der Waals surface area contributed by atoms with Gasteiger partial charge in [-0.3, -0.25) is 4.79 Å². The molecule has 1 aliphatic heterocycles. The summed E-state index contributed by atoms with van der Waals surface area (Å²) in [6.07, 6.45) is 1.78.